The number of carbonyl (C=O) groups is 1. The van der Waals surface area contributed by atoms with Crippen LogP contribution in [0.25, 0.3) is 23.1 Å². The molecule has 0 bridgehead atoms. The Bertz CT molecular complexity index is 1290. The third kappa shape index (κ3) is 5.45. The highest BCUT2D eigenvalue weighted by Crippen LogP contribution is 2.34. The van der Waals surface area contributed by atoms with Gasteiger partial charge in [-0.2, -0.15) is 0 Å². The molecule has 0 saturated heterocycles. The van der Waals surface area contributed by atoms with E-state index in [1.165, 1.54) is 17.4 Å². The van der Waals surface area contributed by atoms with Crippen LogP contribution >= 0.6 is 11.3 Å². The van der Waals surface area contributed by atoms with Crippen molar-refractivity contribution >= 4 is 52.6 Å². The van der Waals surface area contributed by atoms with Crippen LogP contribution in [-0.4, -0.2) is 11.1 Å². The van der Waals surface area contributed by atoms with E-state index in [1.807, 2.05) is 60.7 Å². The highest BCUT2D eigenvalue weighted by molar-refractivity contribution is 7.13. The summed E-state index contributed by atoms with van der Waals surface area (Å²) < 4.78 is 0. The number of hydrogen-bond donors (Lipinski definition) is 1. The van der Waals surface area contributed by atoms with Crippen molar-refractivity contribution in [3.8, 4) is 0 Å². The van der Waals surface area contributed by atoms with Gasteiger partial charge in [0.05, 0.1) is 6.57 Å². The molecule has 0 atom stereocenters. The summed E-state index contributed by atoms with van der Waals surface area (Å²) in [5, 5.41) is 9.01. The Hall–Kier alpha value is -4.40. The lowest BCUT2D eigenvalue weighted by atomic mass is 10.1. The second-order valence-electron chi connectivity index (χ2n) is 7.12. The largest absolute Gasteiger partial charge is 0.486 e. The standard InChI is InChI=1S/C28H20N2O2S/c1-29-27(28(31)32)20-26-19-18-25(33-26)17-14-21-12-15-24(16-13-21)30(22-8-4-2-5-9-22)23-10-6-3-7-11-23/h2-20H,(H,31,32)/b17-14+,27-20-. The molecule has 5 heteroatoms. The fourth-order valence-electron chi connectivity index (χ4n) is 3.33. The first kappa shape index (κ1) is 21.8. The van der Waals surface area contributed by atoms with Gasteiger partial charge in [0.25, 0.3) is 5.70 Å². The lowest BCUT2D eigenvalue weighted by Gasteiger charge is -2.25. The first-order valence-electron chi connectivity index (χ1n) is 10.2. The fraction of sp³-hybridized carbons (Fsp3) is 0. The number of carboxylic acid groups (broad SMARTS) is 1. The van der Waals surface area contributed by atoms with Crippen molar-refractivity contribution in [2.24, 2.45) is 0 Å². The summed E-state index contributed by atoms with van der Waals surface area (Å²) in [6.45, 7) is 6.96. The highest BCUT2D eigenvalue weighted by Gasteiger charge is 2.11. The molecule has 0 aliphatic carbocycles. The van der Waals surface area contributed by atoms with Crippen molar-refractivity contribution in [2.75, 3.05) is 4.90 Å². The van der Waals surface area contributed by atoms with Crippen molar-refractivity contribution in [3.63, 3.8) is 0 Å². The predicted octanol–water partition coefficient (Wildman–Crippen LogP) is 7.73. The van der Waals surface area contributed by atoms with Gasteiger partial charge in [-0.05, 0) is 66.2 Å². The number of carboxylic acids is 1. The Morgan fingerprint density at radius 2 is 1.30 bits per heavy atom. The molecule has 0 aliphatic heterocycles. The molecule has 4 aromatic rings. The molecular formula is C28H20N2O2S. The summed E-state index contributed by atoms with van der Waals surface area (Å²) in [5.74, 6) is -1.21. The van der Waals surface area contributed by atoms with Crippen LogP contribution < -0.4 is 4.90 Å². The average Bonchev–Trinajstić information content (AvgIpc) is 3.31. The van der Waals surface area contributed by atoms with Crippen LogP contribution in [0.1, 0.15) is 15.3 Å². The van der Waals surface area contributed by atoms with Gasteiger partial charge in [-0.25, -0.2) is 4.85 Å². The lowest BCUT2D eigenvalue weighted by Crippen LogP contribution is -2.09. The summed E-state index contributed by atoms with van der Waals surface area (Å²) in [6, 6.07) is 32.6. The van der Waals surface area contributed by atoms with Gasteiger partial charge in [0.2, 0.25) is 0 Å². The van der Waals surface area contributed by atoms with Crippen molar-refractivity contribution in [1.29, 1.82) is 0 Å². The molecule has 0 amide bonds. The van der Waals surface area contributed by atoms with E-state index in [9.17, 15) is 4.79 Å². The molecule has 1 aromatic heterocycles. The van der Waals surface area contributed by atoms with Gasteiger partial charge in [0.1, 0.15) is 0 Å². The molecule has 1 heterocycles. The van der Waals surface area contributed by atoms with Crippen LogP contribution in [0.4, 0.5) is 17.1 Å². The Kier molecular flexibility index (Phi) is 6.79. The van der Waals surface area contributed by atoms with Crippen molar-refractivity contribution in [2.45, 2.75) is 0 Å². The molecule has 4 nitrogen and oxygen atoms in total. The number of hydrogen-bond acceptors (Lipinski definition) is 3. The van der Waals surface area contributed by atoms with Gasteiger partial charge in [-0.3, -0.25) is 4.79 Å². The van der Waals surface area contributed by atoms with Crippen LogP contribution in [-0.2, 0) is 4.79 Å². The molecule has 1 N–H and O–H groups in total. The minimum absolute atomic E-state index is 0.288. The van der Waals surface area contributed by atoms with E-state index < -0.39 is 5.97 Å². The first-order chi connectivity index (χ1) is 16.1. The molecule has 160 valence electrons. The number of aliphatic carboxylic acids is 1. The Morgan fingerprint density at radius 3 is 1.85 bits per heavy atom. The molecule has 0 saturated carbocycles. The minimum atomic E-state index is -1.21. The van der Waals surface area contributed by atoms with E-state index in [2.05, 4.69) is 58.3 Å². The second-order valence-corrected chi connectivity index (χ2v) is 8.26. The zero-order valence-corrected chi connectivity index (χ0v) is 18.4. The monoisotopic (exact) mass is 448 g/mol. The van der Waals surface area contributed by atoms with Gasteiger partial charge >= 0.3 is 5.97 Å². The summed E-state index contributed by atoms with van der Waals surface area (Å²) in [4.78, 5) is 18.0. The normalized spacial score (nSPS) is 11.3. The number of rotatable bonds is 7. The number of anilines is 3. The van der Waals surface area contributed by atoms with Crippen LogP contribution in [0.2, 0.25) is 0 Å². The molecule has 33 heavy (non-hydrogen) atoms. The molecule has 0 radical (unpaired) electrons. The lowest BCUT2D eigenvalue weighted by molar-refractivity contribution is -0.132. The van der Waals surface area contributed by atoms with Gasteiger partial charge in [-0.1, -0.05) is 54.6 Å². The molecule has 3 aromatic carbocycles. The zero-order valence-electron chi connectivity index (χ0n) is 17.6. The second kappa shape index (κ2) is 10.3. The average molecular weight is 449 g/mol. The van der Waals surface area contributed by atoms with Crippen LogP contribution in [0.5, 0.6) is 0 Å². The number of para-hydroxylation sites is 2. The fourth-order valence-corrected chi connectivity index (χ4v) is 4.18. The zero-order chi connectivity index (χ0) is 23.0. The minimum Gasteiger partial charge on any atom is -0.486 e. The molecular weight excluding hydrogens is 428 g/mol. The van der Waals surface area contributed by atoms with Crippen molar-refractivity contribution in [1.82, 2.24) is 0 Å². The van der Waals surface area contributed by atoms with Gasteiger partial charge in [-0.15, -0.1) is 11.3 Å². The SMILES string of the molecule is [C-]#[N+]/C(=C\c1ccc(/C=C/c2ccc(N(c3ccccc3)c3ccccc3)cc2)s1)C(=O)O. The smallest absolute Gasteiger partial charge is 0.333 e. The topological polar surface area (TPSA) is 44.9 Å². The molecule has 0 unspecified atom stereocenters. The summed E-state index contributed by atoms with van der Waals surface area (Å²) >= 11 is 1.44. The number of benzene rings is 3. The van der Waals surface area contributed by atoms with Crippen LogP contribution in [0, 0.1) is 6.57 Å². The van der Waals surface area contributed by atoms with Crippen LogP contribution in [0.15, 0.2) is 103 Å². The maximum Gasteiger partial charge on any atom is 0.333 e. The Morgan fingerprint density at radius 1 is 0.758 bits per heavy atom. The Labute approximate surface area is 196 Å². The quantitative estimate of drug-likeness (QED) is 0.232. The van der Waals surface area contributed by atoms with E-state index in [1.54, 1.807) is 0 Å². The predicted molar refractivity (Wildman–Crippen MR) is 137 cm³/mol. The molecule has 0 aliphatic rings. The van der Waals surface area contributed by atoms with Crippen LogP contribution in [0.3, 0.4) is 0 Å². The van der Waals surface area contributed by atoms with Crippen molar-refractivity contribution in [3.05, 3.63) is 129 Å². The maximum atomic E-state index is 11.0. The van der Waals surface area contributed by atoms with E-state index in [-0.39, 0.29) is 5.70 Å². The number of thiophene rings is 1. The third-order valence-corrected chi connectivity index (χ3v) is 5.88. The van der Waals surface area contributed by atoms with Gasteiger partial charge < -0.3 is 10.0 Å². The first-order valence-corrected chi connectivity index (χ1v) is 11.1. The molecule has 0 fully saturated rings. The van der Waals surface area contributed by atoms with E-state index in [0.717, 1.165) is 32.4 Å². The highest BCUT2D eigenvalue weighted by atomic mass is 32.1. The van der Waals surface area contributed by atoms with E-state index >= 15 is 0 Å². The van der Waals surface area contributed by atoms with Gasteiger partial charge in [0.15, 0.2) is 0 Å². The van der Waals surface area contributed by atoms with E-state index in [0.29, 0.717) is 0 Å². The Balaban J connectivity index is 1.55. The van der Waals surface area contributed by atoms with Crippen molar-refractivity contribution < 1.29 is 9.90 Å². The summed E-state index contributed by atoms with van der Waals surface area (Å²) in [5.41, 5.74) is 4.01. The third-order valence-electron chi connectivity index (χ3n) is 4.89. The maximum absolute atomic E-state index is 11.0. The molecule has 0 spiro atoms. The number of nitrogens with zero attached hydrogens (tertiary/aromatic N) is 2. The summed E-state index contributed by atoms with van der Waals surface area (Å²) in [7, 11) is 0. The molecule has 4 rings (SSSR count). The van der Waals surface area contributed by atoms with Gasteiger partial charge in [0, 0.05) is 26.8 Å². The summed E-state index contributed by atoms with van der Waals surface area (Å²) in [6.07, 6.45) is 5.40. The van der Waals surface area contributed by atoms with E-state index in [4.69, 9.17) is 11.7 Å².